The number of aromatic nitrogens is 3. The number of alkyl halides is 1. The molecule has 2 aromatic heterocycles. The number of phenolic OH excluding ortho intramolecular Hbond substituents is 1. The van der Waals surface area contributed by atoms with Gasteiger partial charge >= 0.3 is 6.01 Å². The van der Waals surface area contributed by atoms with Crippen molar-refractivity contribution in [1.29, 1.82) is 0 Å². The summed E-state index contributed by atoms with van der Waals surface area (Å²) in [7, 11) is 1.48. The van der Waals surface area contributed by atoms with Gasteiger partial charge in [-0.3, -0.25) is 4.90 Å². The van der Waals surface area contributed by atoms with E-state index >= 15 is 4.39 Å². The normalized spacial score (nSPS) is 24.4. The van der Waals surface area contributed by atoms with Crippen LogP contribution in [0.1, 0.15) is 50.7 Å². The monoisotopic (exact) mass is 678 g/mol. The lowest BCUT2D eigenvalue weighted by Gasteiger charge is -2.40. The molecule has 0 amide bonds. The molecule has 4 aromatic rings. The van der Waals surface area contributed by atoms with Crippen molar-refractivity contribution in [3.05, 3.63) is 47.8 Å². The van der Waals surface area contributed by atoms with Crippen molar-refractivity contribution in [3.63, 3.8) is 0 Å². The van der Waals surface area contributed by atoms with E-state index in [4.69, 9.17) is 31.0 Å². The molecule has 7 rings (SSSR count). The van der Waals surface area contributed by atoms with Crippen LogP contribution in [-0.2, 0) is 0 Å². The summed E-state index contributed by atoms with van der Waals surface area (Å²) in [6.07, 6.45) is 2.14. The fourth-order valence-electron chi connectivity index (χ4n) is 7.94. The number of nitrogens with zero attached hydrogens (tertiary/aromatic N) is 5. The molecule has 2 N–H and O–H groups in total. The molecule has 0 radical (unpaired) electrons. The molecule has 0 unspecified atom stereocenters. The van der Waals surface area contributed by atoms with Crippen LogP contribution in [0.3, 0.4) is 0 Å². The Bertz CT molecular complexity index is 1930. The van der Waals surface area contributed by atoms with Crippen molar-refractivity contribution in [2.75, 3.05) is 44.8 Å². The Kier molecular flexibility index (Phi) is 8.58. The zero-order valence-electron chi connectivity index (χ0n) is 27.7. The number of ether oxygens (including phenoxy) is 2. The predicted molar refractivity (Wildman–Crippen MR) is 186 cm³/mol. The van der Waals surface area contributed by atoms with Gasteiger partial charge in [0.25, 0.3) is 0 Å². The number of fused-ring (bicyclic) bond motifs is 3. The molecule has 3 saturated heterocycles. The third-order valence-electron chi connectivity index (χ3n) is 10.4. The second-order valence-electron chi connectivity index (χ2n) is 13.5. The van der Waals surface area contributed by atoms with E-state index in [0.717, 1.165) is 31.4 Å². The summed E-state index contributed by atoms with van der Waals surface area (Å²) in [6, 6.07) is 6.97. The van der Waals surface area contributed by atoms with Gasteiger partial charge in [0.15, 0.2) is 5.82 Å². The highest BCUT2D eigenvalue weighted by Gasteiger charge is 2.49. The first kappa shape index (κ1) is 32.7. The third kappa shape index (κ3) is 5.49. The number of aryl methyl sites for hydroxylation is 1. The lowest BCUT2D eigenvalue weighted by molar-refractivity contribution is 0.107. The number of benzene rings is 2. The number of aromatic hydroxyl groups is 1. The fourth-order valence-corrected chi connectivity index (χ4v) is 8.18. The van der Waals surface area contributed by atoms with Crippen LogP contribution in [0, 0.1) is 12.7 Å². The summed E-state index contributed by atoms with van der Waals surface area (Å²) < 4.78 is 44.0. The first-order valence-corrected chi connectivity index (χ1v) is 17.0. The summed E-state index contributed by atoms with van der Waals surface area (Å²) in [5.74, 6) is -0.199. The smallest absolute Gasteiger partial charge is 0.319 e. The van der Waals surface area contributed by atoms with Crippen LogP contribution in [-0.4, -0.2) is 88.6 Å². The average molecular weight is 679 g/mol. The first-order chi connectivity index (χ1) is 23.0. The maximum absolute atomic E-state index is 17.2. The molecular weight excluding hydrogens is 638 g/mol. The van der Waals surface area contributed by atoms with E-state index in [1.165, 1.54) is 13.2 Å². The highest BCUT2D eigenvalue weighted by atomic mass is 35.5. The number of phenols is 1. The van der Waals surface area contributed by atoms with Crippen molar-refractivity contribution in [2.24, 2.45) is 0 Å². The molecule has 254 valence electrons. The molecule has 0 aliphatic carbocycles. The Labute approximate surface area is 283 Å². The van der Waals surface area contributed by atoms with Gasteiger partial charge in [0.2, 0.25) is 5.88 Å². The Morgan fingerprint density at radius 3 is 2.77 bits per heavy atom. The second-order valence-corrected chi connectivity index (χ2v) is 13.9. The van der Waals surface area contributed by atoms with Gasteiger partial charge in [0, 0.05) is 59.7 Å². The van der Waals surface area contributed by atoms with E-state index in [0.29, 0.717) is 59.2 Å². The van der Waals surface area contributed by atoms with E-state index in [9.17, 15) is 9.50 Å². The number of halogens is 3. The minimum atomic E-state index is -0.917. The molecule has 4 atom stereocenters. The number of methoxy groups -OCH3 is 1. The molecule has 3 fully saturated rings. The van der Waals surface area contributed by atoms with Gasteiger partial charge in [-0.05, 0) is 62.7 Å². The van der Waals surface area contributed by atoms with Crippen molar-refractivity contribution in [2.45, 2.75) is 70.2 Å². The van der Waals surface area contributed by atoms with E-state index < -0.39 is 17.5 Å². The molecule has 3 aliphatic rings. The number of pyridine rings is 1. The first-order valence-electron chi connectivity index (χ1n) is 16.6. The highest BCUT2D eigenvalue weighted by Crippen LogP contribution is 2.45. The van der Waals surface area contributed by atoms with Gasteiger partial charge in [-0.25, -0.2) is 13.8 Å². The van der Waals surface area contributed by atoms with Crippen LogP contribution in [0.15, 0.2) is 30.8 Å². The SMILES string of the molecule is C=C(Cl)c1c(C)ccc2cc(O)cc(-c3nc(OC)c4c(N5C[C@@H](CC)NC[C@H]5C)nc(OC[C@@]56CCCN5C[C@H](F)C6)nc4c3F)c12. The quantitative estimate of drug-likeness (QED) is 0.210. The third-order valence-corrected chi connectivity index (χ3v) is 10.6. The lowest BCUT2D eigenvalue weighted by Crippen LogP contribution is -2.55. The Balaban J connectivity index is 1.46. The lowest BCUT2D eigenvalue weighted by atomic mass is 9.93. The van der Waals surface area contributed by atoms with Gasteiger partial charge in [0.1, 0.15) is 40.9 Å². The number of hydrogen-bond acceptors (Lipinski definition) is 9. The van der Waals surface area contributed by atoms with Gasteiger partial charge in [-0.15, -0.1) is 0 Å². The fraction of sp³-hybridized carbons (Fsp3) is 0.472. The van der Waals surface area contributed by atoms with Crippen LogP contribution in [0.2, 0.25) is 0 Å². The topological polar surface area (TPSA) is 95.9 Å². The molecule has 2 aromatic carbocycles. The van der Waals surface area contributed by atoms with Crippen molar-refractivity contribution in [3.8, 4) is 28.9 Å². The summed E-state index contributed by atoms with van der Waals surface area (Å²) in [5, 5.41) is 16.2. The number of nitrogens with one attached hydrogen (secondary N) is 1. The molecule has 12 heteroatoms. The van der Waals surface area contributed by atoms with Gasteiger partial charge in [-0.2, -0.15) is 9.97 Å². The van der Waals surface area contributed by atoms with Crippen molar-refractivity contribution >= 4 is 44.1 Å². The maximum Gasteiger partial charge on any atom is 0.319 e. The predicted octanol–water partition coefficient (Wildman–Crippen LogP) is 6.75. The number of piperazine rings is 1. The zero-order chi connectivity index (χ0) is 33.9. The van der Waals surface area contributed by atoms with Gasteiger partial charge in [-0.1, -0.05) is 37.2 Å². The number of hydrogen-bond donors (Lipinski definition) is 2. The molecule has 48 heavy (non-hydrogen) atoms. The average Bonchev–Trinajstić information content (AvgIpc) is 3.59. The van der Waals surface area contributed by atoms with Gasteiger partial charge in [0.05, 0.1) is 12.6 Å². The van der Waals surface area contributed by atoms with Gasteiger partial charge < -0.3 is 24.8 Å². The molecule has 9 nitrogen and oxygen atoms in total. The summed E-state index contributed by atoms with van der Waals surface area (Å²) in [5.41, 5.74) is 1.24. The molecule has 3 aliphatic heterocycles. The Morgan fingerprint density at radius 1 is 1.21 bits per heavy atom. The maximum atomic E-state index is 17.2. The zero-order valence-corrected chi connectivity index (χ0v) is 28.5. The Hall–Kier alpha value is -3.80. The summed E-state index contributed by atoms with van der Waals surface area (Å²) in [6.45, 7) is 12.8. The van der Waals surface area contributed by atoms with Crippen LogP contribution in [0.5, 0.6) is 17.6 Å². The largest absolute Gasteiger partial charge is 0.508 e. The second kappa shape index (κ2) is 12.6. The minimum Gasteiger partial charge on any atom is -0.508 e. The molecular formula is C36H41ClF2N6O3. The number of rotatable bonds is 8. The van der Waals surface area contributed by atoms with E-state index in [1.807, 2.05) is 19.1 Å². The van der Waals surface area contributed by atoms with Crippen LogP contribution >= 0.6 is 11.6 Å². The van der Waals surface area contributed by atoms with Crippen molar-refractivity contribution in [1.82, 2.24) is 25.2 Å². The van der Waals surface area contributed by atoms with Crippen LogP contribution in [0.25, 0.3) is 38.0 Å². The minimum absolute atomic E-state index is 0.00403. The molecule has 5 heterocycles. The Morgan fingerprint density at radius 2 is 2.02 bits per heavy atom. The standard InChI is InChI=1S/C36H41ClF2N6O3/c1-6-24-17-45(20(3)15-40-24)33-29-32(42-35(43-33)48-18-36-10-7-11-44(36)16-23(38)14-36)30(39)31(41-34(29)47-5)26-13-25(46)12-22-9-8-19(2)27(21(4)37)28(22)26/h8-9,12-13,20,23-24,40,46H,4,6-7,10-11,14-18H2,1-3,5H3/t20-,23-,24-,36+/m1/s1. The molecule has 0 saturated carbocycles. The highest BCUT2D eigenvalue weighted by molar-refractivity contribution is 6.49. The summed E-state index contributed by atoms with van der Waals surface area (Å²) >= 11 is 6.51. The number of anilines is 1. The van der Waals surface area contributed by atoms with Crippen LogP contribution in [0.4, 0.5) is 14.6 Å². The van der Waals surface area contributed by atoms with E-state index in [2.05, 4.69) is 40.5 Å². The molecule has 0 bridgehead atoms. The molecule has 0 spiro atoms. The van der Waals surface area contributed by atoms with Crippen molar-refractivity contribution < 1.29 is 23.4 Å². The van der Waals surface area contributed by atoms with Crippen LogP contribution < -0.4 is 19.7 Å². The summed E-state index contributed by atoms with van der Waals surface area (Å²) in [4.78, 5) is 18.6. The van der Waals surface area contributed by atoms with E-state index in [-0.39, 0.29) is 52.6 Å². The van der Waals surface area contributed by atoms with E-state index in [1.54, 1.807) is 6.07 Å².